The number of halogens is 1. The number of amides is 2. The number of ether oxygens (including phenoxy) is 1. The van der Waals surface area contributed by atoms with Crippen molar-refractivity contribution in [3.05, 3.63) is 53.0 Å². The van der Waals surface area contributed by atoms with E-state index >= 15 is 0 Å². The number of anilines is 2. The average molecular weight is 441 g/mol. The number of rotatable bonds is 7. The Morgan fingerprint density at radius 3 is 1.73 bits per heavy atom. The van der Waals surface area contributed by atoms with Crippen LogP contribution in [-0.2, 0) is 19.4 Å². The van der Waals surface area contributed by atoms with Gasteiger partial charge >= 0.3 is 0 Å². The van der Waals surface area contributed by atoms with Crippen LogP contribution in [0.25, 0.3) is 0 Å². The smallest absolute Gasteiger partial charge is 0.239 e. The minimum Gasteiger partial charge on any atom is -0.497 e. The summed E-state index contributed by atoms with van der Waals surface area (Å²) in [4.78, 5) is 23.8. The number of methoxy groups -OCH3 is 1. The van der Waals surface area contributed by atoms with Crippen LogP contribution in [0.4, 0.5) is 11.4 Å². The number of hydrogen-bond acceptors (Lipinski definition) is 5. The van der Waals surface area contributed by atoms with Crippen molar-refractivity contribution in [2.75, 3.05) is 29.2 Å². The molecule has 26 heavy (non-hydrogen) atoms. The number of nitrogens with one attached hydrogen (secondary N) is 2. The molecular weight excluding hydrogens is 424 g/mol. The summed E-state index contributed by atoms with van der Waals surface area (Å²) in [6.07, 6.45) is 0. The van der Waals surface area contributed by atoms with Crippen LogP contribution >= 0.6 is 15.9 Å². The predicted molar refractivity (Wildman–Crippen MR) is 103 cm³/mol. The Hall–Kier alpha value is -2.39. The lowest BCUT2D eigenvalue weighted by Crippen LogP contribution is -2.30. The predicted octanol–water partition coefficient (Wildman–Crippen LogP) is 2.45. The van der Waals surface area contributed by atoms with E-state index in [9.17, 15) is 18.0 Å². The van der Waals surface area contributed by atoms with Crippen LogP contribution in [-0.4, -0.2) is 38.8 Å². The third-order valence-electron chi connectivity index (χ3n) is 3.20. The SMILES string of the molecule is COc1ccc(NC(=O)CS(=O)(=O)CC(=O)Nc2ccc(Br)cc2)cc1. The molecule has 0 aromatic heterocycles. The van der Waals surface area contributed by atoms with Crippen LogP contribution in [0.5, 0.6) is 5.75 Å². The molecule has 0 spiro atoms. The standard InChI is InChI=1S/C17H17BrN2O5S/c1-25-15-8-6-14(7-9-15)20-17(22)11-26(23,24)10-16(21)19-13-4-2-12(18)3-5-13/h2-9H,10-11H2,1H3,(H,19,21)(H,20,22). The summed E-state index contributed by atoms with van der Waals surface area (Å²) in [7, 11) is -2.39. The Morgan fingerprint density at radius 1 is 0.885 bits per heavy atom. The summed E-state index contributed by atoms with van der Waals surface area (Å²) in [6, 6.07) is 13.1. The van der Waals surface area contributed by atoms with E-state index in [1.54, 1.807) is 48.5 Å². The molecule has 0 aliphatic heterocycles. The fourth-order valence-corrected chi connectivity index (χ4v) is 3.36. The molecule has 0 radical (unpaired) electrons. The number of hydrogen-bond donors (Lipinski definition) is 2. The maximum Gasteiger partial charge on any atom is 0.239 e. The first-order chi connectivity index (χ1) is 12.3. The van der Waals surface area contributed by atoms with E-state index in [-0.39, 0.29) is 0 Å². The van der Waals surface area contributed by atoms with Gasteiger partial charge in [0, 0.05) is 15.8 Å². The third kappa shape index (κ3) is 6.49. The monoisotopic (exact) mass is 440 g/mol. The Bertz CT molecular complexity index is 880. The fraction of sp³-hybridized carbons (Fsp3) is 0.176. The van der Waals surface area contributed by atoms with Crippen molar-refractivity contribution in [3.8, 4) is 5.75 Å². The van der Waals surface area contributed by atoms with Crippen molar-refractivity contribution in [1.29, 1.82) is 0 Å². The first-order valence-corrected chi connectivity index (χ1v) is 10.1. The molecule has 0 atom stereocenters. The molecule has 2 N–H and O–H groups in total. The van der Waals surface area contributed by atoms with Gasteiger partial charge in [-0.05, 0) is 48.5 Å². The van der Waals surface area contributed by atoms with Crippen LogP contribution in [0.1, 0.15) is 0 Å². The minimum absolute atomic E-state index is 0.435. The molecule has 0 saturated heterocycles. The largest absolute Gasteiger partial charge is 0.497 e. The summed E-state index contributed by atoms with van der Waals surface area (Å²) < 4.78 is 29.9. The summed E-state index contributed by atoms with van der Waals surface area (Å²) in [5.41, 5.74) is 0.904. The topological polar surface area (TPSA) is 102 Å². The lowest BCUT2D eigenvalue weighted by Gasteiger charge is -2.08. The molecule has 138 valence electrons. The number of carbonyl (C=O) groups excluding carboxylic acids is 2. The van der Waals surface area contributed by atoms with E-state index in [4.69, 9.17) is 4.74 Å². The van der Waals surface area contributed by atoms with E-state index < -0.39 is 33.2 Å². The number of carbonyl (C=O) groups is 2. The maximum absolute atomic E-state index is 12.0. The van der Waals surface area contributed by atoms with Gasteiger partial charge in [-0.25, -0.2) is 8.42 Å². The molecule has 0 saturated carbocycles. The molecule has 0 aliphatic rings. The van der Waals surface area contributed by atoms with Gasteiger partial charge in [-0.1, -0.05) is 15.9 Å². The molecule has 0 unspecified atom stereocenters. The molecule has 0 fully saturated rings. The molecule has 0 heterocycles. The maximum atomic E-state index is 12.0. The van der Waals surface area contributed by atoms with Crippen LogP contribution in [0.15, 0.2) is 53.0 Å². The van der Waals surface area contributed by atoms with Gasteiger partial charge in [0.1, 0.15) is 17.3 Å². The van der Waals surface area contributed by atoms with Crippen molar-refractivity contribution >= 4 is 49.0 Å². The quantitative estimate of drug-likeness (QED) is 0.688. The lowest BCUT2D eigenvalue weighted by molar-refractivity contribution is -0.114. The first-order valence-electron chi connectivity index (χ1n) is 7.47. The molecule has 0 bridgehead atoms. The van der Waals surface area contributed by atoms with Gasteiger partial charge in [-0.15, -0.1) is 0 Å². The molecular formula is C17H17BrN2O5S. The van der Waals surface area contributed by atoms with E-state index in [2.05, 4.69) is 26.6 Å². The highest BCUT2D eigenvalue weighted by atomic mass is 79.9. The molecule has 2 aromatic carbocycles. The van der Waals surface area contributed by atoms with Crippen molar-refractivity contribution in [2.24, 2.45) is 0 Å². The first kappa shape index (κ1) is 19.9. The summed E-state index contributed by atoms with van der Waals surface area (Å²) in [5, 5.41) is 4.94. The fourth-order valence-electron chi connectivity index (χ4n) is 2.05. The third-order valence-corrected chi connectivity index (χ3v) is 5.14. The average Bonchev–Trinajstić information content (AvgIpc) is 2.56. The van der Waals surface area contributed by atoms with Crippen molar-refractivity contribution < 1.29 is 22.7 Å². The van der Waals surface area contributed by atoms with Crippen molar-refractivity contribution in [3.63, 3.8) is 0 Å². The van der Waals surface area contributed by atoms with Crippen molar-refractivity contribution in [1.82, 2.24) is 0 Å². The summed E-state index contributed by atoms with van der Waals surface area (Å²) in [5.74, 6) is -2.37. The normalized spacial score (nSPS) is 10.8. The van der Waals surface area contributed by atoms with Gasteiger partial charge in [0.2, 0.25) is 11.8 Å². The highest BCUT2D eigenvalue weighted by molar-refractivity contribution is 9.10. The number of benzene rings is 2. The molecule has 7 nitrogen and oxygen atoms in total. The zero-order chi connectivity index (χ0) is 19.2. The van der Waals surface area contributed by atoms with E-state index in [1.807, 2.05) is 0 Å². The highest BCUT2D eigenvalue weighted by Crippen LogP contribution is 2.15. The van der Waals surface area contributed by atoms with Gasteiger partial charge in [-0.3, -0.25) is 9.59 Å². The van der Waals surface area contributed by atoms with Crippen LogP contribution in [0.2, 0.25) is 0 Å². The summed E-state index contributed by atoms with van der Waals surface area (Å²) >= 11 is 3.26. The Labute approximate surface area is 159 Å². The number of sulfone groups is 1. The van der Waals surface area contributed by atoms with E-state index in [0.717, 1.165) is 4.47 Å². The lowest BCUT2D eigenvalue weighted by atomic mass is 10.3. The van der Waals surface area contributed by atoms with E-state index in [1.165, 1.54) is 7.11 Å². The second kappa shape index (κ2) is 8.81. The Morgan fingerprint density at radius 2 is 1.31 bits per heavy atom. The molecule has 2 rings (SSSR count). The molecule has 2 amide bonds. The zero-order valence-electron chi connectivity index (χ0n) is 13.9. The van der Waals surface area contributed by atoms with Crippen LogP contribution < -0.4 is 15.4 Å². The minimum atomic E-state index is -3.90. The zero-order valence-corrected chi connectivity index (χ0v) is 16.3. The highest BCUT2D eigenvalue weighted by Gasteiger charge is 2.21. The second-order valence-corrected chi connectivity index (χ2v) is 8.34. The van der Waals surface area contributed by atoms with E-state index in [0.29, 0.717) is 17.1 Å². The van der Waals surface area contributed by atoms with Gasteiger partial charge < -0.3 is 15.4 Å². The Kier molecular flexibility index (Phi) is 6.76. The molecule has 0 aliphatic carbocycles. The Balaban J connectivity index is 1.88. The van der Waals surface area contributed by atoms with Crippen LogP contribution in [0.3, 0.4) is 0 Å². The van der Waals surface area contributed by atoms with Gasteiger partial charge in [0.05, 0.1) is 7.11 Å². The van der Waals surface area contributed by atoms with Gasteiger partial charge in [0.25, 0.3) is 0 Å². The van der Waals surface area contributed by atoms with Crippen molar-refractivity contribution in [2.45, 2.75) is 0 Å². The molecule has 9 heteroatoms. The van der Waals surface area contributed by atoms with Crippen LogP contribution in [0, 0.1) is 0 Å². The van der Waals surface area contributed by atoms with Gasteiger partial charge in [-0.2, -0.15) is 0 Å². The second-order valence-electron chi connectivity index (χ2n) is 5.36. The van der Waals surface area contributed by atoms with Gasteiger partial charge in [0.15, 0.2) is 9.84 Å². The summed E-state index contributed by atoms with van der Waals surface area (Å²) in [6.45, 7) is 0. The molecule has 2 aromatic rings.